The average molecular weight is 276 g/mol. The largest absolute Gasteiger partial charge is 0.420 e. The van der Waals surface area contributed by atoms with Gasteiger partial charge in [0.25, 0.3) is 0 Å². The summed E-state index contributed by atoms with van der Waals surface area (Å²) in [5.74, 6) is -0.171. The van der Waals surface area contributed by atoms with Crippen molar-refractivity contribution < 1.29 is 18.3 Å². The third kappa shape index (κ3) is 2.95. The van der Waals surface area contributed by atoms with Crippen molar-refractivity contribution in [2.75, 3.05) is 24.6 Å². The first kappa shape index (κ1) is 14.0. The summed E-state index contributed by atoms with van der Waals surface area (Å²) in [6.07, 6.45) is -2.61. The van der Waals surface area contributed by atoms with Gasteiger partial charge in [0.1, 0.15) is 5.56 Å². The molecule has 0 aromatic carbocycles. The molecule has 8 heteroatoms. The zero-order valence-corrected chi connectivity index (χ0v) is 10.2. The Morgan fingerprint density at radius 2 is 2.00 bits per heavy atom. The Balaban J connectivity index is 2.21. The number of rotatable bonds is 2. The molecular weight excluding hydrogens is 261 g/mol. The van der Waals surface area contributed by atoms with E-state index in [1.165, 1.54) is 4.90 Å². The summed E-state index contributed by atoms with van der Waals surface area (Å²) in [6.45, 7) is 0.463. The van der Waals surface area contributed by atoms with Gasteiger partial charge in [-0.2, -0.15) is 18.3 Å². The van der Waals surface area contributed by atoms with Crippen molar-refractivity contribution in [3.8, 4) is 0 Å². The first-order valence-electron chi connectivity index (χ1n) is 5.89. The smallest absolute Gasteiger partial charge is 0.394 e. The van der Waals surface area contributed by atoms with Crippen molar-refractivity contribution >= 4 is 5.82 Å². The minimum atomic E-state index is -4.46. The maximum atomic E-state index is 12.9. The highest BCUT2D eigenvalue weighted by molar-refractivity contribution is 5.47. The van der Waals surface area contributed by atoms with E-state index in [4.69, 9.17) is 10.8 Å². The van der Waals surface area contributed by atoms with Gasteiger partial charge >= 0.3 is 6.18 Å². The van der Waals surface area contributed by atoms with E-state index in [0.717, 1.165) is 12.3 Å². The summed E-state index contributed by atoms with van der Waals surface area (Å²) in [5.41, 5.74) is 4.38. The summed E-state index contributed by atoms with van der Waals surface area (Å²) >= 11 is 0. The molecule has 2 rings (SSSR count). The molecule has 3 N–H and O–H groups in total. The van der Waals surface area contributed by atoms with E-state index >= 15 is 0 Å². The molecule has 0 unspecified atom stereocenters. The Labute approximate surface area is 108 Å². The molecule has 0 spiro atoms. The predicted molar refractivity (Wildman–Crippen MR) is 62.5 cm³/mol. The molecule has 0 radical (unpaired) electrons. The number of nitrogens with two attached hydrogens (primary N) is 1. The Morgan fingerprint density at radius 3 is 2.53 bits per heavy atom. The summed E-state index contributed by atoms with van der Waals surface area (Å²) in [7, 11) is 0. The fourth-order valence-electron chi connectivity index (χ4n) is 2.10. The summed E-state index contributed by atoms with van der Waals surface area (Å²) < 4.78 is 38.6. The summed E-state index contributed by atoms with van der Waals surface area (Å²) in [5, 5.41) is 16.3. The van der Waals surface area contributed by atoms with Crippen LogP contribution in [0.3, 0.4) is 0 Å². The van der Waals surface area contributed by atoms with E-state index in [9.17, 15) is 13.2 Å². The fraction of sp³-hybridized carbons (Fsp3) is 0.636. The van der Waals surface area contributed by atoms with E-state index in [0.29, 0.717) is 25.9 Å². The van der Waals surface area contributed by atoms with Crippen LogP contribution in [0.2, 0.25) is 0 Å². The molecule has 2 heterocycles. The second-order valence-electron chi connectivity index (χ2n) is 4.77. The lowest BCUT2D eigenvalue weighted by molar-refractivity contribution is -0.137. The van der Waals surface area contributed by atoms with Crippen LogP contribution < -0.4 is 10.6 Å². The standard InChI is InChI=1S/C11H15F3N4O/c12-11(13,14)8-1-4-16-17-9(8)18-5-2-10(15,7-19)3-6-18/h1,4,19H,2-3,5-7,15H2. The van der Waals surface area contributed by atoms with Crippen LogP contribution in [0.4, 0.5) is 19.0 Å². The first-order valence-corrected chi connectivity index (χ1v) is 5.89. The van der Waals surface area contributed by atoms with E-state index in [1.54, 1.807) is 0 Å². The molecular formula is C11H15F3N4O. The number of nitrogens with zero attached hydrogens (tertiary/aromatic N) is 3. The molecule has 0 aliphatic carbocycles. The number of aliphatic hydroxyl groups is 1. The van der Waals surface area contributed by atoms with Gasteiger partial charge in [-0.05, 0) is 18.9 Å². The lowest BCUT2D eigenvalue weighted by Gasteiger charge is -2.38. The minimum Gasteiger partial charge on any atom is -0.394 e. The van der Waals surface area contributed by atoms with E-state index < -0.39 is 17.3 Å². The minimum absolute atomic E-state index is 0.171. The molecule has 0 amide bonds. The average Bonchev–Trinajstić information content (AvgIpc) is 2.39. The maximum Gasteiger partial charge on any atom is 0.420 e. The fourth-order valence-corrected chi connectivity index (χ4v) is 2.10. The third-order valence-electron chi connectivity index (χ3n) is 3.38. The highest BCUT2D eigenvalue weighted by Gasteiger charge is 2.38. The normalized spacial score (nSPS) is 19.5. The molecule has 1 aliphatic heterocycles. The molecule has 1 saturated heterocycles. The van der Waals surface area contributed by atoms with Crippen LogP contribution in [-0.4, -0.2) is 40.5 Å². The van der Waals surface area contributed by atoms with Crippen molar-refractivity contribution in [1.29, 1.82) is 0 Å². The SMILES string of the molecule is NC1(CO)CCN(c2nnccc2C(F)(F)F)CC1. The van der Waals surface area contributed by atoms with Gasteiger partial charge in [0.2, 0.25) is 0 Å². The van der Waals surface area contributed by atoms with Crippen LogP contribution in [0.1, 0.15) is 18.4 Å². The van der Waals surface area contributed by atoms with Gasteiger partial charge in [-0.1, -0.05) is 0 Å². The molecule has 0 atom stereocenters. The van der Waals surface area contributed by atoms with Crippen molar-refractivity contribution in [3.05, 3.63) is 17.8 Å². The lowest BCUT2D eigenvalue weighted by atomic mass is 9.89. The van der Waals surface area contributed by atoms with Crippen LogP contribution in [0.5, 0.6) is 0 Å². The molecule has 5 nitrogen and oxygen atoms in total. The van der Waals surface area contributed by atoms with E-state index in [2.05, 4.69) is 10.2 Å². The second-order valence-corrected chi connectivity index (χ2v) is 4.77. The van der Waals surface area contributed by atoms with Gasteiger partial charge in [-0.3, -0.25) is 0 Å². The van der Waals surface area contributed by atoms with Crippen molar-refractivity contribution in [3.63, 3.8) is 0 Å². The van der Waals surface area contributed by atoms with Crippen LogP contribution in [-0.2, 0) is 6.18 Å². The molecule has 1 aliphatic rings. The molecule has 0 saturated carbocycles. The Hall–Kier alpha value is -1.41. The van der Waals surface area contributed by atoms with Crippen molar-refractivity contribution in [2.24, 2.45) is 5.73 Å². The number of hydrogen-bond donors (Lipinski definition) is 2. The monoisotopic (exact) mass is 276 g/mol. The highest BCUT2D eigenvalue weighted by Crippen LogP contribution is 2.36. The maximum absolute atomic E-state index is 12.9. The summed E-state index contributed by atoms with van der Waals surface area (Å²) in [6, 6.07) is 0.915. The van der Waals surface area contributed by atoms with E-state index in [-0.39, 0.29) is 12.4 Å². The number of aliphatic hydroxyl groups excluding tert-OH is 1. The van der Waals surface area contributed by atoms with Crippen LogP contribution in [0, 0.1) is 0 Å². The number of hydrogen-bond acceptors (Lipinski definition) is 5. The number of halogens is 3. The lowest BCUT2D eigenvalue weighted by Crippen LogP contribution is -2.53. The van der Waals surface area contributed by atoms with Gasteiger partial charge in [0, 0.05) is 18.6 Å². The van der Waals surface area contributed by atoms with Crippen LogP contribution in [0.25, 0.3) is 0 Å². The third-order valence-corrected chi connectivity index (χ3v) is 3.38. The second kappa shape index (κ2) is 4.93. The van der Waals surface area contributed by atoms with Gasteiger partial charge in [0.05, 0.1) is 12.8 Å². The van der Waals surface area contributed by atoms with Crippen molar-refractivity contribution in [2.45, 2.75) is 24.6 Å². The number of anilines is 1. The van der Waals surface area contributed by atoms with Crippen molar-refractivity contribution in [1.82, 2.24) is 10.2 Å². The number of piperidine rings is 1. The molecule has 19 heavy (non-hydrogen) atoms. The zero-order chi connectivity index (χ0) is 14.1. The Bertz CT molecular complexity index is 444. The molecule has 1 aromatic heterocycles. The number of alkyl halides is 3. The molecule has 0 bridgehead atoms. The first-order chi connectivity index (χ1) is 8.86. The molecule has 106 valence electrons. The molecule has 1 fully saturated rings. The topological polar surface area (TPSA) is 75.3 Å². The summed E-state index contributed by atoms with van der Waals surface area (Å²) in [4.78, 5) is 1.51. The zero-order valence-electron chi connectivity index (χ0n) is 10.2. The van der Waals surface area contributed by atoms with Gasteiger partial charge in [-0.25, -0.2) is 0 Å². The quantitative estimate of drug-likeness (QED) is 0.835. The van der Waals surface area contributed by atoms with Crippen LogP contribution in [0.15, 0.2) is 12.3 Å². The van der Waals surface area contributed by atoms with Crippen LogP contribution >= 0.6 is 0 Å². The van der Waals surface area contributed by atoms with Gasteiger partial charge < -0.3 is 15.7 Å². The predicted octanol–water partition coefficient (Wildman–Crippen LogP) is 0.785. The Morgan fingerprint density at radius 1 is 1.37 bits per heavy atom. The Kier molecular flexibility index (Phi) is 3.64. The number of aromatic nitrogens is 2. The molecule has 1 aromatic rings. The van der Waals surface area contributed by atoms with Gasteiger partial charge in [0.15, 0.2) is 5.82 Å². The highest BCUT2D eigenvalue weighted by atomic mass is 19.4. The van der Waals surface area contributed by atoms with Gasteiger partial charge in [-0.15, -0.1) is 5.10 Å². The van der Waals surface area contributed by atoms with E-state index in [1.807, 2.05) is 0 Å².